The van der Waals surface area contributed by atoms with Gasteiger partial charge < -0.3 is 15.2 Å². The molecule has 2 N–H and O–H groups in total. The van der Waals surface area contributed by atoms with E-state index in [-0.39, 0.29) is 11.8 Å². The second-order valence-corrected chi connectivity index (χ2v) is 9.60. The van der Waals surface area contributed by atoms with Crippen molar-refractivity contribution < 1.29 is 8.42 Å². The monoisotopic (exact) mass is 432 g/mol. The number of benzene rings is 1. The highest BCUT2D eigenvalue weighted by Crippen LogP contribution is 2.15. The Bertz CT molecular complexity index is 918. The summed E-state index contributed by atoms with van der Waals surface area (Å²) in [4.78, 5) is 8.78. The minimum Gasteiger partial charge on any atom is -0.354 e. The molecule has 9 heteroatoms. The number of aliphatic imine (C=N–C) groups is 1. The van der Waals surface area contributed by atoms with Crippen molar-refractivity contribution in [3.8, 4) is 0 Å². The van der Waals surface area contributed by atoms with Gasteiger partial charge in [0, 0.05) is 45.1 Å². The molecule has 1 aromatic heterocycles. The fraction of sp³-hybridized carbons (Fsp3) is 0.524. The number of sulfonamides is 1. The van der Waals surface area contributed by atoms with Crippen molar-refractivity contribution in [2.45, 2.75) is 45.3 Å². The number of nitrogens with zero attached hydrogens (tertiary/aromatic N) is 4. The van der Waals surface area contributed by atoms with E-state index in [2.05, 4.69) is 37.3 Å². The van der Waals surface area contributed by atoms with Crippen molar-refractivity contribution in [1.29, 1.82) is 0 Å². The molecule has 3 rings (SSSR count). The van der Waals surface area contributed by atoms with E-state index in [9.17, 15) is 8.42 Å². The van der Waals surface area contributed by atoms with Gasteiger partial charge in [0.15, 0.2) is 5.96 Å². The molecule has 0 aliphatic carbocycles. The smallest absolute Gasteiger partial charge is 0.214 e. The van der Waals surface area contributed by atoms with Crippen molar-refractivity contribution in [2.24, 2.45) is 4.99 Å². The van der Waals surface area contributed by atoms with Crippen LogP contribution in [-0.2, 0) is 23.1 Å². The zero-order valence-electron chi connectivity index (χ0n) is 17.8. The third-order valence-electron chi connectivity index (χ3n) is 5.29. The average Bonchev–Trinajstić information content (AvgIpc) is 3.19. The van der Waals surface area contributed by atoms with Gasteiger partial charge in [0.2, 0.25) is 10.0 Å². The van der Waals surface area contributed by atoms with Crippen LogP contribution in [0.25, 0.3) is 0 Å². The first-order valence-electron chi connectivity index (χ1n) is 10.5. The van der Waals surface area contributed by atoms with Gasteiger partial charge in [-0.2, -0.15) is 0 Å². The maximum atomic E-state index is 12.2. The maximum Gasteiger partial charge on any atom is 0.214 e. The average molecular weight is 433 g/mol. The Morgan fingerprint density at radius 3 is 2.63 bits per heavy atom. The van der Waals surface area contributed by atoms with Crippen LogP contribution in [0.4, 0.5) is 0 Å². The number of aromatic nitrogens is 2. The molecule has 1 aromatic carbocycles. The molecule has 0 amide bonds. The Morgan fingerprint density at radius 2 is 1.97 bits per heavy atom. The lowest BCUT2D eigenvalue weighted by Crippen LogP contribution is -2.50. The summed E-state index contributed by atoms with van der Waals surface area (Å²) in [5.74, 6) is 1.87. The molecule has 2 aromatic rings. The summed E-state index contributed by atoms with van der Waals surface area (Å²) in [7, 11) is -1.37. The molecule has 164 valence electrons. The number of rotatable bonds is 8. The van der Waals surface area contributed by atoms with E-state index in [1.807, 2.05) is 37.5 Å². The molecule has 8 nitrogen and oxygen atoms in total. The van der Waals surface area contributed by atoms with Crippen molar-refractivity contribution in [3.63, 3.8) is 0 Å². The molecule has 30 heavy (non-hydrogen) atoms. The van der Waals surface area contributed by atoms with Crippen molar-refractivity contribution in [1.82, 2.24) is 24.5 Å². The van der Waals surface area contributed by atoms with Gasteiger partial charge in [0.05, 0.1) is 12.3 Å². The molecule has 0 saturated carbocycles. The van der Waals surface area contributed by atoms with Crippen LogP contribution in [0.3, 0.4) is 0 Å². The first-order chi connectivity index (χ1) is 14.5. The highest BCUT2D eigenvalue weighted by atomic mass is 32.2. The molecule has 1 fully saturated rings. The summed E-state index contributed by atoms with van der Waals surface area (Å²) in [5, 5.41) is 6.75. The van der Waals surface area contributed by atoms with Gasteiger partial charge in [0.25, 0.3) is 0 Å². The molecule has 0 bridgehead atoms. The number of guanidine groups is 1. The lowest BCUT2D eigenvalue weighted by molar-refractivity contribution is 0.306. The van der Waals surface area contributed by atoms with Crippen LogP contribution >= 0.6 is 0 Å². The topological polar surface area (TPSA) is 91.6 Å². The summed E-state index contributed by atoms with van der Waals surface area (Å²) < 4.78 is 28.2. The Morgan fingerprint density at radius 1 is 1.23 bits per heavy atom. The number of hydrogen-bond donors (Lipinski definition) is 2. The lowest BCUT2D eigenvalue weighted by atomic mass is 10.1. The molecule has 0 radical (unpaired) electrons. The summed E-state index contributed by atoms with van der Waals surface area (Å²) >= 11 is 0. The summed E-state index contributed by atoms with van der Waals surface area (Å²) in [6.07, 6.45) is 5.98. The van der Waals surface area contributed by atoms with Crippen LogP contribution < -0.4 is 10.6 Å². The minimum atomic E-state index is -3.11. The summed E-state index contributed by atoms with van der Waals surface area (Å²) in [5.41, 5.74) is 1.23. The number of hydrogen-bond acceptors (Lipinski definition) is 4. The van der Waals surface area contributed by atoms with Crippen molar-refractivity contribution >= 4 is 16.0 Å². The number of piperidine rings is 1. The van der Waals surface area contributed by atoms with E-state index in [1.54, 1.807) is 11.4 Å². The molecular weight excluding hydrogens is 400 g/mol. The second-order valence-electron chi connectivity index (χ2n) is 7.52. The van der Waals surface area contributed by atoms with E-state index < -0.39 is 10.0 Å². The molecule has 1 aliphatic heterocycles. The Kier molecular flexibility index (Phi) is 7.87. The molecule has 1 aliphatic rings. The maximum absolute atomic E-state index is 12.2. The first kappa shape index (κ1) is 22.3. The van der Waals surface area contributed by atoms with Crippen molar-refractivity contribution in [2.75, 3.05) is 25.9 Å². The normalized spacial score (nSPS) is 16.5. The van der Waals surface area contributed by atoms with Crippen LogP contribution in [0.1, 0.15) is 37.6 Å². The molecular formula is C21H32N6O2S. The molecule has 0 atom stereocenters. The van der Waals surface area contributed by atoms with Crippen molar-refractivity contribution in [3.05, 3.63) is 54.1 Å². The number of nitrogens with one attached hydrogen (secondary N) is 2. The highest BCUT2D eigenvalue weighted by Gasteiger charge is 2.27. The first-order valence-corrected chi connectivity index (χ1v) is 12.1. The minimum absolute atomic E-state index is 0.202. The predicted octanol–water partition coefficient (Wildman–Crippen LogP) is 1.80. The van der Waals surface area contributed by atoms with Gasteiger partial charge >= 0.3 is 0 Å². The fourth-order valence-corrected chi connectivity index (χ4v) is 5.19. The van der Waals surface area contributed by atoms with Gasteiger partial charge in [-0.15, -0.1) is 0 Å². The van der Waals surface area contributed by atoms with Crippen LogP contribution in [0, 0.1) is 0 Å². The Hall–Kier alpha value is -2.39. The largest absolute Gasteiger partial charge is 0.354 e. The van der Waals surface area contributed by atoms with Gasteiger partial charge in [-0.25, -0.2) is 17.7 Å². The zero-order valence-corrected chi connectivity index (χ0v) is 18.6. The Labute approximate surface area is 179 Å². The molecule has 1 saturated heterocycles. The second kappa shape index (κ2) is 10.6. The third-order valence-corrected chi connectivity index (χ3v) is 7.36. The molecule has 0 spiro atoms. The van der Waals surface area contributed by atoms with Gasteiger partial charge in [-0.3, -0.25) is 4.99 Å². The predicted molar refractivity (Wildman–Crippen MR) is 120 cm³/mol. The third kappa shape index (κ3) is 6.06. The Balaban J connectivity index is 1.49. The lowest BCUT2D eigenvalue weighted by Gasteiger charge is -2.32. The fourth-order valence-electron chi connectivity index (χ4n) is 3.65. The van der Waals surface area contributed by atoms with Crippen LogP contribution in [-0.4, -0.2) is 60.2 Å². The zero-order chi connectivity index (χ0) is 21.4. The van der Waals surface area contributed by atoms with Crippen LogP contribution in [0.2, 0.25) is 0 Å². The van der Waals surface area contributed by atoms with E-state index in [0.717, 1.165) is 25.2 Å². The van der Waals surface area contributed by atoms with E-state index in [1.165, 1.54) is 5.56 Å². The highest BCUT2D eigenvalue weighted by molar-refractivity contribution is 7.89. The van der Waals surface area contributed by atoms with Gasteiger partial charge in [-0.1, -0.05) is 37.3 Å². The number of imidazole rings is 1. The van der Waals surface area contributed by atoms with E-state index >= 15 is 0 Å². The quantitative estimate of drug-likeness (QED) is 0.490. The molecule has 0 unspecified atom stereocenters. The van der Waals surface area contributed by atoms with Crippen LogP contribution in [0.5, 0.6) is 0 Å². The standard InChI is InChI=1S/C21H32N6O2S/c1-3-15-30(28,29)27-12-9-19(10-13-27)25-21(22-2)24-16-20-23-11-14-26(20)17-18-7-5-4-6-8-18/h4-8,11,14,19H,3,9-10,12-13,15-17H2,1-2H3,(H2,22,24,25). The van der Waals surface area contributed by atoms with E-state index in [4.69, 9.17) is 0 Å². The molecule has 2 heterocycles. The van der Waals surface area contributed by atoms with Gasteiger partial charge in [-0.05, 0) is 24.8 Å². The van der Waals surface area contributed by atoms with Gasteiger partial charge in [0.1, 0.15) is 5.82 Å². The van der Waals surface area contributed by atoms with E-state index in [0.29, 0.717) is 32.0 Å². The van der Waals surface area contributed by atoms with Crippen LogP contribution in [0.15, 0.2) is 47.7 Å². The summed E-state index contributed by atoms with van der Waals surface area (Å²) in [6, 6.07) is 10.5. The summed E-state index contributed by atoms with van der Waals surface area (Å²) in [6.45, 7) is 4.33. The SMILES string of the molecule is CCCS(=O)(=O)N1CCC(NC(=NC)NCc2nccn2Cc2ccccc2)CC1.